The quantitative estimate of drug-likeness (QED) is 0.803. The van der Waals surface area contributed by atoms with Gasteiger partial charge in [-0.15, -0.1) is 0 Å². The molecule has 100 valence electrons. The first kappa shape index (κ1) is 13.1. The maximum Gasteiger partial charge on any atom is 0.293 e. The zero-order valence-corrected chi connectivity index (χ0v) is 11.0. The lowest BCUT2D eigenvalue weighted by molar-refractivity contribution is 0.649. The minimum atomic E-state index is -0.0983. The summed E-state index contributed by atoms with van der Waals surface area (Å²) >= 11 is 0. The molecular weight excluding hydrogens is 240 g/mol. The normalized spacial score (nSPS) is 10.4. The topological polar surface area (TPSA) is 72.9 Å². The van der Waals surface area contributed by atoms with Crippen molar-refractivity contribution in [3.05, 3.63) is 52.6 Å². The predicted molar refractivity (Wildman–Crippen MR) is 77.0 cm³/mol. The zero-order chi connectivity index (χ0) is 13.7. The first-order valence-corrected chi connectivity index (χ1v) is 6.35. The van der Waals surface area contributed by atoms with Gasteiger partial charge >= 0.3 is 0 Å². The Bertz CT molecular complexity index is 606. The molecule has 19 heavy (non-hydrogen) atoms. The number of anilines is 2. The summed E-state index contributed by atoms with van der Waals surface area (Å²) in [5.41, 5.74) is 7.42. The molecule has 0 unspecified atom stereocenters. The van der Waals surface area contributed by atoms with Gasteiger partial charge in [-0.1, -0.05) is 25.1 Å². The molecule has 0 radical (unpaired) electrons. The Kier molecular flexibility index (Phi) is 4.18. The van der Waals surface area contributed by atoms with E-state index in [-0.39, 0.29) is 5.56 Å². The summed E-state index contributed by atoms with van der Waals surface area (Å²) in [6.45, 7) is 3.22. The number of nitrogen functional groups attached to an aromatic ring is 1. The largest absolute Gasteiger partial charge is 0.398 e. The molecule has 0 bridgehead atoms. The number of benzene rings is 1. The summed E-state index contributed by atoms with van der Waals surface area (Å²) in [7, 11) is 0. The minimum absolute atomic E-state index is 0.0983. The van der Waals surface area contributed by atoms with E-state index in [1.165, 1.54) is 0 Å². The van der Waals surface area contributed by atoms with E-state index < -0.39 is 0 Å². The molecule has 5 nitrogen and oxygen atoms in total. The third kappa shape index (κ3) is 3.13. The van der Waals surface area contributed by atoms with Gasteiger partial charge in [-0.25, -0.2) is 4.98 Å². The highest BCUT2D eigenvalue weighted by molar-refractivity contribution is 5.48. The Hall–Kier alpha value is -2.30. The van der Waals surface area contributed by atoms with Crippen LogP contribution < -0.4 is 16.6 Å². The van der Waals surface area contributed by atoms with Crippen LogP contribution in [0.1, 0.15) is 18.9 Å². The summed E-state index contributed by atoms with van der Waals surface area (Å²) in [6.07, 6.45) is 4.25. The van der Waals surface area contributed by atoms with Crippen molar-refractivity contribution in [2.45, 2.75) is 26.4 Å². The van der Waals surface area contributed by atoms with Crippen molar-refractivity contribution in [3.8, 4) is 0 Å². The number of hydrogen-bond acceptors (Lipinski definition) is 4. The molecule has 0 fully saturated rings. The van der Waals surface area contributed by atoms with Crippen LogP contribution in [0.15, 0.2) is 41.5 Å². The highest BCUT2D eigenvalue weighted by atomic mass is 16.1. The first-order valence-electron chi connectivity index (χ1n) is 6.35. The van der Waals surface area contributed by atoms with Crippen molar-refractivity contribution in [3.63, 3.8) is 0 Å². The predicted octanol–water partition coefficient (Wildman–Crippen LogP) is 1.85. The smallest absolute Gasteiger partial charge is 0.293 e. The number of nitrogens with two attached hydrogens (primary N) is 1. The summed E-state index contributed by atoms with van der Waals surface area (Å²) in [6, 6.07) is 7.57. The minimum Gasteiger partial charge on any atom is -0.398 e. The van der Waals surface area contributed by atoms with E-state index in [0.717, 1.165) is 12.0 Å². The Labute approximate surface area is 112 Å². The van der Waals surface area contributed by atoms with E-state index >= 15 is 0 Å². The molecular formula is C14H18N4O. The van der Waals surface area contributed by atoms with Gasteiger partial charge in [-0.05, 0) is 18.1 Å². The van der Waals surface area contributed by atoms with Crippen LogP contribution in [-0.4, -0.2) is 9.55 Å². The lowest BCUT2D eigenvalue weighted by Gasteiger charge is -2.09. The molecule has 2 rings (SSSR count). The van der Waals surface area contributed by atoms with E-state index in [1.807, 2.05) is 31.2 Å². The number of nitrogens with zero attached hydrogens (tertiary/aromatic N) is 2. The molecule has 0 aliphatic carbocycles. The van der Waals surface area contributed by atoms with Gasteiger partial charge < -0.3 is 15.6 Å². The van der Waals surface area contributed by atoms with Crippen LogP contribution in [0.4, 0.5) is 11.5 Å². The van der Waals surface area contributed by atoms with Crippen LogP contribution in [0.2, 0.25) is 0 Å². The second-order valence-electron chi connectivity index (χ2n) is 4.33. The number of hydrogen-bond donors (Lipinski definition) is 2. The van der Waals surface area contributed by atoms with Gasteiger partial charge in [0.2, 0.25) is 0 Å². The highest BCUT2D eigenvalue weighted by Gasteiger charge is 2.04. The molecule has 0 aliphatic heterocycles. The van der Waals surface area contributed by atoms with Gasteiger partial charge in [-0.3, -0.25) is 4.79 Å². The average molecular weight is 258 g/mol. The number of para-hydroxylation sites is 1. The number of aromatic nitrogens is 2. The summed E-state index contributed by atoms with van der Waals surface area (Å²) < 4.78 is 1.66. The fourth-order valence-electron chi connectivity index (χ4n) is 1.86. The van der Waals surface area contributed by atoms with Crippen molar-refractivity contribution in [2.24, 2.45) is 0 Å². The van der Waals surface area contributed by atoms with E-state index in [0.29, 0.717) is 24.6 Å². The van der Waals surface area contributed by atoms with Crippen LogP contribution in [0, 0.1) is 0 Å². The highest BCUT2D eigenvalue weighted by Crippen LogP contribution is 2.11. The second kappa shape index (κ2) is 6.04. The molecule has 1 aromatic heterocycles. The maximum absolute atomic E-state index is 12.1. The van der Waals surface area contributed by atoms with Crippen molar-refractivity contribution in [2.75, 3.05) is 11.1 Å². The van der Waals surface area contributed by atoms with Crippen LogP contribution in [0.5, 0.6) is 0 Å². The van der Waals surface area contributed by atoms with E-state index in [9.17, 15) is 4.79 Å². The van der Waals surface area contributed by atoms with Crippen molar-refractivity contribution < 1.29 is 0 Å². The van der Waals surface area contributed by atoms with Crippen LogP contribution in [-0.2, 0) is 13.1 Å². The number of aryl methyl sites for hydroxylation is 1. The lowest BCUT2D eigenvalue weighted by Crippen LogP contribution is -2.24. The Morgan fingerprint density at radius 3 is 2.89 bits per heavy atom. The van der Waals surface area contributed by atoms with Gasteiger partial charge in [0.1, 0.15) is 0 Å². The van der Waals surface area contributed by atoms with Gasteiger partial charge in [-0.2, -0.15) is 0 Å². The molecule has 0 saturated heterocycles. The third-order valence-corrected chi connectivity index (χ3v) is 2.88. The molecule has 0 saturated carbocycles. The Morgan fingerprint density at radius 2 is 2.16 bits per heavy atom. The van der Waals surface area contributed by atoms with Crippen molar-refractivity contribution in [1.82, 2.24) is 9.55 Å². The van der Waals surface area contributed by atoms with Crippen molar-refractivity contribution >= 4 is 11.5 Å². The Balaban J connectivity index is 2.14. The molecule has 1 heterocycles. The summed E-state index contributed by atoms with van der Waals surface area (Å²) in [5.74, 6) is 0.360. The molecule has 3 N–H and O–H groups in total. The van der Waals surface area contributed by atoms with Gasteiger partial charge in [0.15, 0.2) is 5.82 Å². The molecule has 1 aromatic carbocycles. The van der Waals surface area contributed by atoms with Gasteiger partial charge in [0.25, 0.3) is 5.56 Å². The van der Waals surface area contributed by atoms with Crippen LogP contribution in [0.3, 0.4) is 0 Å². The van der Waals surface area contributed by atoms with E-state index in [4.69, 9.17) is 5.73 Å². The number of nitrogens with one attached hydrogen (secondary N) is 1. The monoisotopic (exact) mass is 258 g/mol. The fraction of sp³-hybridized carbons (Fsp3) is 0.286. The molecule has 0 spiro atoms. The first-order chi connectivity index (χ1) is 9.22. The summed E-state index contributed by atoms with van der Waals surface area (Å²) in [5, 5.41) is 3.04. The molecule has 0 amide bonds. The SMILES string of the molecule is CCCn1ccnc(NCc2ccccc2N)c1=O. The molecule has 2 aromatic rings. The number of rotatable bonds is 5. The van der Waals surface area contributed by atoms with E-state index in [1.54, 1.807) is 17.0 Å². The van der Waals surface area contributed by atoms with Gasteiger partial charge in [0, 0.05) is 31.2 Å². The van der Waals surface area contributed by atoms with E-state index in [2.05, 4.69) is 10.3 Å². The second-order valence-corrected chi connectivity index (χ2v) is 4.33. The van der Waals surface area contributed by atoms with Gasteiger partial charge in [0.05, 0.1) is 0 Å². The Morgan fingerprint density at radius 1 is 1.37 bits per heavy atom. The van der Waals surface area contributed by atoms with Crippen LogP contribution in [0.25, 0.3) is 0 Å². The summed E-state index contributed by atoms with van der Waals surface area (Å²) in [4.78, 5) is 16.2. The molecule has 0 atom stereocenters. The average Bonchev–Trinajstić information content (AvgIpc) is 2.42. The standard InChI is InChI=1S/C14H18N4O/c1-2-8-18-9-7-16-13(14(18)19)17-10-11-5-3-4-6-12(11)15/h3-7,9H,2,8,10,15H2,1H3,(H,16,17). The lowest BCUT2D eigenvalue weighted by atomic mass is 10.2. The fourth-order valence-corrected chi connectivity index (χ4v) is 1.86. The maximum atomic E-state index is 12.1. The zero-order valence-electron chi connectivity index (χ0n) is 11.0. The van der Waals surface area contributed by atoms with Crippen molar-refractivity contribution in [1.29, 1.82) is 0 Å². The van der Waals surface area contributed by atoms with Crippen LogP contribution >= 0.6 is 0 Å². The molecule has 0 aliphatic rings. The third-order valence-electron chi connectivity index (χ3n) is 2.88. The molecule has 5 heteroatoms.